The molecule has 3 heterocycles. The van der Waals surface area contributed by atoms with Crippen LogP contribution >= 0.6 is 11.6 Å². The number of rotatable bonds is 6. The molecule has 0 bridgehead atoms. The van der Waals surface area contributed by atoms with Crippen LogP contribution in [-0.2, 0) is 0 Å². The minimum atomic E-state index is -0.185. The van der Waals surface area contributed by atoms with Crippen molar-refractivity contribution in [2.24, 2.45) is 0 Å². The molecule has 2 N–H and O–H groups in total. The Bertz CT molecular complexity index is 1200. The molecule has 6 nitrogen and oxygen atoms in total. The molecule has 31 heavy (non-hydrogen) atoms. The summed E-state index contributed by atoms with van der Waals surface area (Å²) in [4.78, 5) is 2.19. The molecular formula is C24H27ClN6. The molecule has 0 saturated carbocycles. The van der Waals surface area contributed by atoms with Crippen LogP contribution in [0.3, 0.4) is 0 Å². The van der Waals surface area contributed by atoms with Crippen molar-refractivity contribution < 1.29 is 0 Å². The summed E-state index contributed by atoms with van der Waals surface area (Å²) in [5.41, 5.74) is 7.12. The molecule has 160 valence electrons. The Hall–Kier alpha value is -3.12. The van der Waals surface area contributed by atoms with Gasteiger partial charge in [0.25, 0.3) is 0 Å². The third-order valence-corrected chi connectivity index (χ3v) is 5.90. The van der Waals surface area contributed by atoms with Crippen LogP contribution in [-0.4, -0.2) is 26.9 Å². The Morgan fingerprint density at radius 2 is 1.94 bits per heavy atom. The second-order valence-corrected chi connectivity index (χ2v) is 8.37. The SMILES string of the molecule is C=C1C(NCCC)=C(C(C)=N)C(c2ccc(Cl)cc2)N1c1cc(C)c2nnc(C)n2c1. The highest BCUT2D eigenvalue weighted by Crippen LogP contribution is 2.45. The van der Waals surface area contributed by atoms with Gasteiger partial charge in [-0.2, -0.15) is 0 Å². The number of benzene rings is 1. The minimum absolute atomic E-state index is 0.185. The average molecular weight is 435 g/mol. The molecule has 0 spiro atoms. The monoisotopic (exact) mass is 434 g/mol. The first-order valence-corrected chi connectivity index (χ1v) is 10.8. The first-order chi connectivity index (χ1) is 14.8. The van der Waals surface area contributed by atoms with Gasteiger partial charge in [0.05, 0.1) is 23.1 Å². The molecule has 3 aromatic rings. The van der Waals surface area contributed by atoms with E-state index in [-0.39, 0.29) is 6.04 Å². The van der Waals surface area contributed by atoms with Gasteiger partial charge in [0.1, 0.15) is 5.82 Å². The number of halogens is 1. The third-order valence-electron chi connectivity index (χ3n) is 5.64. The van der Waals surface area contributed by atoms with Crippen molar-refractivity contribution in [3.8, 4) is 0 Å². The van der Waals surface area contributed by atoms with E-state index in [1.54, 1.807) is 0 Å². The van der Waals surface area contributed by atoms with Crippen LogP contribution in [0.25, 0.3) is 5.65 Å². The molecule has 1 aliphatic heterocycles. The van der Waals surface area contributed by atoms with Gasteiger partial charge in [-0.05, 0) is 56.5 Å². The van der Waals surface area contributed by atoms with E-state index in [0.29, 0.717) is 10.7 Å². The normalized spacial score (nSPS) is 16.5. The topological polar surface area (TPSA) is 69.3 Å². The number of hydrogen-bond donors (Lipinski definition) is 2. The van der Waals surface area contributed by atoms with Crippen LogP contribution in [0.2, 0.25) is 5.02 Å². The van der Waals surface area contributed by atoms with Gasteiger partial charge in [0, 0.05) is 29.0 Å². The highest BCUT2D eigenvalue weighted by atomic mass is 35.5. The molecule has 0 radical (unpaired) electrons. The van der Waals surface area contributed by atoms with Crippen molar-refractivity contribution in [2.45, 2.75) is 40.2 Å². The standard InChI is InChI=1S/C24H27ClN6/c1-6-11-27-22-16(4)31(20-12-14(2)24-29-28-17(5)30(24)13-20)23(21(22)15(3)26)18-7-9-19(25)10-8-18/h7-10,12-13,23,26-27H,4,6,11H2,1-3,5H3. The van der Waals surface area contributed by atoms with Crippen LogP contribution in [0.1, 0.15) is 43.3 Å². The van der Waals surface area contributed by atoms with Crippen molar-refractivity contribution in [3.05, 3.63) is 82.0 Å². The smallest absolute Gasteiger partial charge is 0.163 e. The number of hydrogen-bond acceptors (Lipinski definition) is 5. The maximum Gasteiger partial charge on any atom is 0.163 e. The van der Waals surface area contributed by atoms with Gasteiger partial charge in [-0.1, -0.05) is 37.2 Å². The highest BCUT2D eigenvalue weighted by Gasteiger charge is 2.38. The molecule has 4 rings (SSSR count). The minimum Gasteiger partial charge on any atom is -0.383 e. The van der Waals surface area contributed by atoms with Crippen molar-refractivity contribution in [2.75, 3.05) is 11.4 Å². The van der Waals surface area contributed by atoms with E-state index in [0.717, 1.165) is 58.2 Å². The predicted molar refractivity (Wildman–Crippen MR) is 127 cm³/mol. The maximum atomic E-state index is 8.59. The molecule has 1 aromatic carbocycles. The number of aromatic nitrogens is 3. The van der Waals surface area contributed by atoms with Gasteiger partial charge >= 0.3 is 0 Å². The second kappa shape index (κ2) is 8.19. The summed E-state index contributed by atoms with van der Waals surface area (Å²) in [7, 11) is 0. The Labute approximate surface area is 187 Å². The molecule has 2 aromatic heterocycles. The fourth-order valence-corrected chi connectivity index (χ4v) is 4.31. The fourth-order valence-electron chi connectivity index (χ4n) is 4.18. The summed E-state index contributed by atoms with van der Waals surface area (Å²) in [6.45, 7) is 13.2. The van der Waals surface area contributed by atoms with E-state index >= 15 is 0 Å². The number of aryl methyl sites for hydroxylation is 2. The molecule has 7 heteroatoms. The number of fused-ring (bicyclic) bond motifs is 1. The largest absolute Gasteiger partial charge is 0.383 e. The second-order valence-electron chi connectivity index (χ2n) is 7.93. The van der Waals surface area contributed by atoms with Crippen LogP contribution in [0.4, 0.5) is 5.69 Å². The van der Waals surface area contributed by atoms with Gasteiger partial charge in [-0.15, -0.1) is 10.2 Å². The Kier molecular flexibility index (Phi) is 5.58. The summed E-state index contributed by atoms with van der Waals surface area (Å²) >= 11 is 6.17. The van der Waals surface area contributed by atoms with Crippen LogP contribution < -0.4 is 10.2 Å². The summed E-state index contributed by atoms with van der Waals surface area (Å²) in [6, 6.07) is 9.75. The van der Waals surface area contributed by atoms with E-state index < -0.39 is 0 Å². The van der Waals surface area contributed by atoms with Gasteiger partial charge in [-0.25, -0.2) is 0 Å². The Morgan fingerprint density at radius 1 is 1.23 bits per heavy atom. The van der Waals surface area contributed by atoms with Gasteiger partial charge < -0.3 is 15.6 Å². The zero-order chi connectivity index (χ0) is 22.3. The van der Waals surface area contributed by atoms with E-state index in [1.165, 1.54) is 0 Å². The molecular weight excluding hydrogens is 408 g/mol. The number of nitrogens with one attached hydrogen (secondary N) is 2. The summed E-state index contributed by atoms with van der Waals surface area (Å²) in [5.74, 6) is 0.827. The zero-order valence-corrected chi connectivity index (χ0v) is 19.1. The highest BCUT2D eigenvalue weighted by molar-refractivity contribution is 6.30. The Balaban J connectivity index is 1.93. The number of nitrogens with zero attached hydrogens (tertiary/aromatic N) is 4. The quantitative estimate of drug-likeness (QED) is 0.512. The lowest BCUT2D eigenvalue weighted by Gasteiger charge is -2.30. The lowest BCUT2D eigenvalue weighted by molar-refractivity contribution is 0.776. The van der Waals surface area contributed by atoms with Crippen LogP contribution in [0.5, 0.6) is 0 Å². The van der Waals surface area contributed by atoms with Gasteiger partial charge in [0.2, 0.25) is 0 Å². The Morgan fingerprint density at radius 3 is 2.58 bits per heavy atom. The first-order valence-electron chi connectivity index (χ1n) is 10.4. The van der Waals surface area contributed by atoms with E-state index in [1.807, 2.05) is 55.6 Å². The van der Waals surface area contributed by atoms with E-state index in [9.17, 15) is 0 Å². The van der Waals surface area contributed by atoms with Crippen molar-refractivity contribution >= 4 is 28.6 Å². The number of anilines is 1. The zero-order valence-electron chi connectivity index (χ0n) is 18.3. The van der Waals surface area contributed by atoms with Crippen molar-refractivity contribution in [1.82, 2.24) is 19.9 Å². The molecule has 0 aliphatic carbocycles. The summed E-state index contributed by atoms with van der Waals surface area (Å²) in [6.07, 6.45) is 3.03. The van der Waals surface area contributed by atoms with Gasteiger partial charge in [-0.3, -0.25) is 4.40 Å². The van der Waals surface area contributed by atoms with Crippen LogP contribution in [0.15, 0.2) is 60.1 Å². The fraction of sp³-hybridized carbons (Fsp3) is 0.292. The lowest BCUT2D eigenvalue weighted by Crippen LogP contribution is -2.26. The number of pyridine rings is 1. The maximum absolute atomic E-state index is 8.59. The third kappa shape index (κ3) is 3.61. The average Bonchev–Trinajstić information content (AvgIpc) is 3.25. The van der Waals surface area contributed by atoms with E-state index in [2.05, 4.69) is 40.0 Å². The van der Waals surface area contributed by atoms with Crippen LogP contribution in [0, 0.1) is 19.3 Å². The molecule has 1 unspecified atom stereocenters. The first kappa shape index (κ1) is 21.1. The summed E-state index contributed by atoms with van der Waals surface area (Å²) < 4.78 is 2.01. The lowest BCUT2D eigenvalue weighted by atomic mass is 9.95. The molecule has 0 fully saturated rings. The molecule has 1 aliphatic rings. The molecule has 0 saturated heterocycles. The summed E-state index contributed by atoms with van der Waals surface area (Å²) in [5, 5.41) is 21.3. The van der Waals surface area contributed by atoms with Crippen molar-refractivity contribution in [3.63, 3.8) is 0 Å². The molecule has 0 amide bonds. The van der Waals surface area contributed by atoms with Gasteiger partial charge in [0.15, 0.2) is 5.65 Å². The van der Waals surface area contributed by atoms with E-state index in [4.69, 9.17) is 17.0 Å². The van der Waals surface area contributed by atoms with Crippen molar-refractivity contribution in [1.29, 1.82) is 5.41 Å². The predicted octanol–water partition coefficient (Wildman–Crippen LogP) is 5.37. The molecule has 1 atom stereocenters.